The van der Waals surface area contributed by atoms with Crippen LogP contribution in [0.15, 0.2) is 0 Å². The topological polar surface area (TPSA) is 0 Å². The zero-order chi connectivity index (χ0) is 15.5. The second-order valence-corrected chi connectivity index (χ2v) is 9.48. The van der Waals surface area contributed by atoms with Crippen molar-refractivity contribution in [3.63, 3.8) is 0 Å². The molecule has 3 rings (SSSR count). The minimum absolute atomic E-state index is 0.807. The van der Waals surface area contributed by atoms with Crippen LogP contribution < -0.4 is 0 Å². The van der Waals surface area contributed by atoms with Gasteiger partial charge in [-0.05, 0) is 71.5 Å². The van der Waals surface area contributed by atoms with Crippen molar-refractivity contribution < 1.29 is 0 Å². The van der Waals surface area contributed by atoms with Gasteiger partial charge in [0.25, 0.3) is 0 Å². The number of hydrogen-bond acceptors (Lipinski definition) is 0. The van der Waals surface area contributed by atoms with E-state index in [9.17, 15) is 0 Å². The predicted molar refractivity (Wildman–Crippen MR) is 92.0 cm³/mol. The Hall–Kier alpha value is 0. The van der Waals surface area contributed by atoms with Crippen LogP contribution in [0.2, 0.25) is 0 Å². The molecular formula is C21H38. The van der Waals surface area contributed by atoms with Crippen LogP contribution >= 0.6 is 0 Å². The summed E-state index contributed by atoms with van der Waals surface area (Å²) in [4.78, 5) is 0. The molecule has 0 aliphatic heterocycles. The fourth-order valence-electron chi connectivity index (χ4n) is 7.32. The van der Waals surface area contributed by atoms with Crippen LogP contribution in [0.4, 0.5) is 0 Å². The van der Waals surface area contributed by atoms with E-state index < -0.39 is 0 Å². The Kier molecular flexibility index (Phi) is 3.99. The lowest BCUT2D eigenvalue weighted by molar-refractivity contribution is -0.0820. The molecule has 3 saturated carbocycles. The Labute approximate surface area is 133 Å². The largest absolute Gasteiger partial charge is 0.0654 e. The zero-order valence-corrected chi connectivity index (χ0v) is 15.5. The van der Waals surface area contributed by atoms with Crippen molar-refractivity contribution >= 4 is 0 Å². The van der Waals surface area contributed by atoms with E-state index in [2.05, 4.69) is 48.5 Å². The van der Waals surface area contributed by atoms with Crippen LogP contribution in [0.25, 0.3) is 0 Å². The predicted octanol–water partition coefficient (Wildman–Crippen LogP) is 6.26. The van der Waals surface area contributed by atoms with Crippen LogP contribution in [-0.2, 0) is 0 Å². The van der Waals surface area contributed by atoms with E-state index in [0.29, 0.717) is 0 Å². The van der Waals surface area contributed by atoms with Gasteiger partial charge in [-0.3, -0.25) is 0 Å². The van der Waals surface area contributed by atoms with Crippen LogP contribution in [0.1, 0.15) is 74.1 Å². The summed E-state index contributed by atoms with van der Waals surface area (Å²) in [5.41, 5.74) is 0.807. The first-order valence-corrected chi connectivity index (χ1v) is 9.87. The van der Waals surface area contributed by atoms with E-state index >= 15 is 0 Å². The van der Waals surface area contributed by atoms with Gasteiger partial charge < -0.3 is 0 Å². The molecule has 1 spiro atoms. The third-order valence-electron chi connectivity index (χ3n) is 8.64. The molecule has 0 aromatic rings. The highest BCUT2D eigenvalue weighted by molar-refractivity contribution is 5.25. The van der Waals surface area contributed by atoms with Gasteiger partial charge >= 0.3 is 0 Å². The fourth-order valence-corrected chi connectivity index (χ4v) is 7.32. The lowest BCUT2D eigenvalue weighted by Crippen LogP contribution is -2.50. The zero-order valence-electron chi connectivity index (χ0n) is 15.5. The molecular weight excluding hydrogens is 252 g/mol. The molecule has 3 fully saturated rings. The minimum atomic E-state index is 0.807. The monoisotopic (exact) mass is 290 g/mol. The standard InChI is InChI=1S/C21H38/c1-8-9-13(4)19-11-17-10-18(14(5)12(2)3)15(6)20-16(7)21(17,19)20/h12-20H,8-11H2,1-7H3. The quantitative estimate of drug-likeness (QED) is 0.560. The first kappa shape index (κ1) is 15.9. The van der Waals surface area contributed by atoms with Gasteiger partial charge in [0.15, 0.2) is 0 Å². The van der Waals surface area contributed by atoms with Crippen LogP contribution in [0.3, 0.4) is 0 Å². The maximum atomic E-state index is 2.61. The Morgan fingerprint density at radius 1 is 1.05 bits per heavy atom. The Bertz CT molecular complexity index is 383. The van der Waals surface area contributed by atoms with Crippen molar-refractivity contribution in [2.45, 2.75) is 74.1 Å². The summed E-state index contributed by atoms with van der Waals surface area (Å²) in [7, 11) is 0. The van der Waals surface area contributed by atoms with Gasteiger partial charge in [0.1, 0.15) is 0 Å². The molecule has 9 unspecified atom stereocenters. The van der Waals surface area contributed by atoms with Crippen LogP contribution in [0.5, 0.6) is 0 Å². The Morgan fingerprint density at radius 2 is 1.71 bits per heavy atom. The molecule has 9 atom stereocenters. The van der Waals surface area contributed by atoms with E-state index in [4.69, 9.17) is 0 Å². The molecule has 0 heterocycles. The molecule has 0 radical (unpaired) electrons. The number of hydrogen-bond donors (Lipinski definition) is 0. The van der Waals surface area contributed by atoms with Crippen LogP contribution in [0, 0.1) is 58.7 Å². The molecule has 0 aromatic carbocycles. The normalized spacial score (nSPS) is 50.9. The first-order chi connectivity index (χ1) is 9.87. The van der Waals surface area contributed by atoms with Crippen molar-refractivity contribution in [3.8, 4) is 0 Å². The van der Waals surface area contributed by atoms with Crippen molar-refractivity contribution in [2.24, 2.45) is 58.7 Å². The molecule has 122 valence electrons. The second kappa shape index (κ2) is 5.27. The van der Waals surface area contributed by atoms with Crippen LogP contribution in [-0.4, -0.2) is 0 Å². The number of rotatable bonds is 5. The lowest BCUT2D eigenvalue weighted by Gasteiger charge is -2.56. The van der Waals surface area contributed by atoms with Gasteiger partial charge in [0.05, 0.1) is 0 Å². The van der Waals surface area contributed by atoms with Gasteiger partial charge in [0, 0.05) is 0 Å². The maximum absolute atomic E-state index is 2.61. The summed E-state index contributed by atoms with van der Waals surface area (Å²) >= 11 is 0. The van der Waals surface area contributed by atoms with E-state index in [1.165, 1.54) is 12.8 Å². The molecule has 0 N–H and O–H groups in total. The molecule has 3 aliphatic rings. The van der Waals surface area contributed by atoms with Crippen molar-refractivity contribution in [3.05, 3.63) is 0 Å². The minimum Gasteiger partial charge on any atom is -0.0654 e. The summed E-state index contributed by atoms with van der Waals surface area (Å²) in [6.07, 6.45) is 5.95. The highest BCUT2D eigenvalue weighted by Crippen LogP contribution is 2.83. The summed E-state index contributed by atoms with van der Waals surface area (Å²) in [6.45, 7) is 17.5. The highest BCUT2D eigenvalue weighted by atomic mass is 14.8. The molecule has 0 amide bonds. The Balaban J connectivity index is 1.76. The highest BCUT2D eigenvalue weighted by Gasteiger charge is 2.78. The summed E-state index contributed by atoms with van der Waals surface area (Å²) in [5, 5.41) is 0. The molecule has 0 heteroatoms. The first-order valence-electron chi connectivity index (χ1n) is 9.87. The fraction of sp³-hybridized carbons (Fsp3) is 1.00. The average Bonchev–Trinajstić information content (AvgIpc) is 3.05. The van der Waals surface area contributed by atoms with Crippen molar-refractivity contribution in [1.29, 1.82) is 0 Å². The van der Waals surface area contributed by atoms with Gasteiger partial charge in [-0.15, -0.1) is 0 Å². The average molecular weight is 291 g/mol. The lowest BCUT2D eigenvalue weighted by atomic mass is 9.48. The van der Waals surface area contributed by atoms with Gasteiger partial charge in [0.2, 0.25) is 0 Å². The van der Waals surface area contributed by atoms with Crippen molar-refractivity contribution in [2.75, 3.05) is 0 Å². The smallest absolute Gasteiger partial charge is 0.0176 e. The molecule has 0 saturated heterocycles. The molecule has 0 aromatic heterocycles. The van der Waals surface area contributed by atoms with E-state index in [1.807, 2.05) is 0 Å². The van der Waals surface area contributed by atoms with E-state index in [0.717, 1.165) is 58.7 Å². The van der Waals surface area contributed by atoms with Gasteiger partial charge in [-0.25, -0.2) is 0 Å². The van der Waals surface area contributed by atoms with Gasteiger partial charge in [-0.1, -0.05) is 61.3 Å². The van der Waals surface area contributed by atoms with E-state index in [1.54, 1.807) is 12.8 Å². The third-order valence-corrected chi connectivity index (χ3v) is 8.64. The second-order valence-electron chi connectivity index (χ2n) is 9.48. The van der Waals surface area contributed by atoms with Gasteiger partial charge in [-0.2, -0.15) is 0 Å². The SMILES string of the molecule is CCCC(C)C1CC2CC(C(C)C(C)C)C(C)C3C(C)C213. The molecule has 21 heavy (non-hydrogen) atoms. The summed E-state index contributed by atoms with van der Waals surface area (Å²) in [6, 6.07) is 0. The summed E-state index contributed by atoms with van der Waals surface area (Å²) < 4.78 is 0. The van der Waals surface area contributed by atoms with Crippen molar-refractivity contribution in [1.82, 2.24) is 0 Å². The molecule has 3 aliphatic carbocycles. The summed E-state index contributed by atoms with van der Waals surface area (Å²) in [5.74, 6) is 8.98. The maximum Gasteiger partial charge on any atom is -0.0176 e. The molecule has 0 nitrogen and oxygen atoms in total. The third kappa shape index (κ3) is 1.99. The molecule has 0 bridgehead atoms. The van der Waals surface area contributed by atoms with E-state index in [-0.39, 0.29) is 0 Å². The Morgan fingerprint density at radius 3 is 2.29 bits per heavy atom.